The molecule has 5 heteroatoms. The Morgan fingerprint density at radius 2 is 2.42 bits per heavy atom. The van der Waals surface area contributed by atoms with Crippen LogP contribution >= 0.6 is 0 Å². The fourth-order valence-electron chi connectivity index (χ4n) is 0.741. The molecule has 0 aliphatic heterocycles. The highest BCUT2D eigenvalue weighted by atomic mass is 16.5. The fourth-order valence-corrected chi connectivity index (χ4v) is 0.741. The van der Waals surface area contributed by atoms with Crippen molar-refractivity contribution in [3.05, 3.63) is 11.8 Å². The lowest BCUT2D eigenvalue weighted by molar-refractivity contribution is 0.258. The van der Waals surface area contributed by atoms with E-state index in [4.69, 9.17) is 10.3 Å². The minimum atomic E-state index is -0.651. The molecule has 1 heterocycles. The number of aromatic nitrogens is 1. The third-order valence-corrected chi connectivity index (χ3v) is 1.37. The second kappa shape index (κ2) is 3.25. The Morgan fingerprint density at radius 1 is 1.75 bits per heavy atom. The standard InChI is InChI=1S/C7H11N3O2/c1-4(2)5-3-6(12-10-5)9-7(8)11/h3-4H,1-2H3,(H3,8,9,11). The van der Waals surface area contributed by atoms with Gasteiger partial charge in [0.2, 0.25) is 5.88 Å². The summed E-state index contributed by atoms with van der Waals surface area (Å²) >= 11 is 0. The maximum atomic E-state index is 10.4. The Bertz CT molecular complexity index is 280. The van der Waals surface area contributed by atoms with E-state index >= 15 is 0 Å². The monoisotopic (exact) mass is 169 g/mol. The summed E-state index contributed by atoms with van der Waals surface area (Å²) < 4.78 is 4.77. The van der Waals surface area contributed by atoms with Crippen LogP contribution < -0.4 is 11.1 Å². The van der Waals surface area contributed by atoms with Crippen molar-refractivity contribution in [2.45, 2.75) is 19.8 Å². The number of anilines is 1. The molecule has 0 aliphatic carbocycles. The van der Waals surface area contributed by atoms with Crippen LogP contribution in [0.5, 0.6) is 0 Å². The zero-order chi connectivity index (χ0) is 9.14. The summed E-state index contributed by atoms with van der Waals surface area (Å²) in [5, 5.41) is 6.01. The first kappa shape index (κ1) is 8.58. The van der Waals surface area contributed by atoms with Gasteiger partial charge in [-0.2, -0.15) is 0 Å². The number of primary amides is 1. The number of hydrogen-bond donors (Lipinski definition) is 2. The SMILES string of the molecule is CC(C)c1cc(NC(N)=O)on1. The number of nitrogens with two attached hydrogens (primary N) is 1. The number of carbonyl (C=O) groups excluding carboxylic acids is 1. The van der Waals surface area contributed by atoms with Gasteiger partial charge in [0.15, 0.2) is 0 Å². The Hall–Kier alpha value is -1.52. The van der Waals surface area contributed by atoms with E-state index < -0.39 is 6.03 Å². The van der Waals surface area contributed by atoms with Crippen LogP contribution in [0.4, 0.5) is 10.7 Å². The highest BCUT2D eigenvalue weighted by molar-refractivity contribution is 5.86. The van der Waals surface area contributed by atoms with Crippen molar-refractivity contribution < 1.29 is 9.32 Å². The molecular weight excluding hydrogens is 158 g/mol. The normalized spacial score (nSPS) is 10.2. The van der Waals surface area contributed by atoms with Gasteiger partial charge in [-0.05, 0) is 5.92 Å². The molecule has 2 amide bonds. The van der Waals surface area contributed by atoms with Gasteiger partial charge in [-0.25, -0.2) is 4.79 Å². The summed E-state index contributed by atoms with van der Waals surface area (Å²) in [6.45, 7) is 3.96. The lowest BCUT2D eigenvalue weighted by Gasteiger charge is -1.93. The van der Waals surface area contributed by atoms with Gasteiger partial charge < -0.3 is 10.3 Å². The van der Waals surface area contributed by atoms with Crippen molar-refractivity contribution in [2.75, 3.05) is 5.32 Å². The molecule has 0 radical (unpaired) electrons. The summed E-state index contributed by atoms with van der Waals surface area (Å²) in [5.74, 6) is 0.559. The van der Waals surface area contributed by atoms with Gasteiger partial charge >= 0.3 is 6.03 Å². The molecule has 0 saturated carbocycles. The molecule has 3 N–H and O–H groups in total. The molecule has 0 atom stereocenters. The van der Waals surface area contributed by atoms with E-state index in [2.05, 4.69) is 10.5 Å². The smallest absolute Gasteiger partial charge is 0.319 e. The molecule has 12 heavy (non-hydrogen) atoms. The first-order chi connectivity index (χ1) is 5.59. The molecule has 0 unspecified atom stereocenters. The predicted molar refractivity (Wildman–Crippen MR) is 43.8 cm³/mol. The van der Waals surface area contributed by atoms with Gasteiger partial charge in [0.05, 0.1) is 5.69 Å². The van der Waals surface area contributed by atoms with E-state index in [0.29, 0.717) is 0 Å². The van der Waals surface area contributed by atoms with Crippen LogP contribution in [0.15, 0.2) is 10.6 Å². The number of urea groups is 1. The average molecular weight is 169 g/mol. The second-order valence-corrected chi connectivity index (χ2v) is 2.76. The van der Waals surface area contributed by atoms with Crippen molar-refractivity contribution in [3.8, 4) is 0 Å². The van der Waals surface area contributed by atoms with Crippen molar-refractivity contribution in [2.24, 2.45) is 5.73 Å². The number of hydrogen-bond acceptors (Lipinski definition) is 3. The maximum absolute atomic E-state index is 10.4. The third kappa shape index (κ3) is 1.98. The highest BCUT2D eigenvalue weighted by Gasteiger charge is 2.07. The van der Waals surface area contributed by atoms with Gasteiger partial charge in [-0.15, -0.1) is 0 Å². The lowest BCUT2D eigenvalue weighted by atomic mass is 10.1. The number of rotatable bonds is 2. The molecule has 0 aromatic carbocycles. The summed E-state index contributed by atoms with van der Waals surface area (Å²) in [6.07, 6.45) is 0. The maximum Gasteiger partial charge on any atom is 0.319 e. The van der Waals surface area contributed by atoms with Crippen LogP contribution in [0.25, 0.3) is 0 Å². The minimum absolute atomic E-state index is 0.275. The molecule has 0 aliphatic rings. The van der Waals surface area contributed by atoms with Crippen molar-refractivity contribution >= 4 is 11.9 Å². The topological polar surface area (TPSA) is 81.1 Å². The first-order valence-electron chi connectivity index (χ1n) is 3.62. The van der Waals surface area contributed by atoms with Crippen LogP contribution in [0.3, 0.4) is 0 Å². The van der Waals surface area contributed by atoms with Crippen LogP contribution in [-0.2, 0) is 0 Å². The predicted octanol–water partition coefficient (Wildman–Crippen LogP) is 1.29. The molecule has 0 bridgehead atoms. The molecule has 5 nitrogen and oxygen atoms in total. The van der Waals surface area contributed by atoms with Gasteiger partial charge in [-0.3, -0.25) is 5.32 Å². The van der Waals surface area contributed by atoms with Crippen molar-refractivity contribution in [1.82, 2.24) is 5.16 Å². The van der Waals surface area contributed by atoms with Crippen LogP contribution in [0.2, 0.25) is 0 Å². The van der Waals surface area contributed by atoms with E-state index in [0.717, 1.165) is 5.69 Å². The van der Waals surface area contributed by atoms with Crippen LogP contribution in [0, 0.1) is 0 Å². The Balaban J connectivity index is 2.70. The molecule has 66 valence electrons. The molecule has 1 rings (SSSR count). The quantitative estimate of drug-likeness (QED) is 0.699. The highest BCUT2D eigenvalue weighted by Crippen LogP contribution is 2.16. The molecule has 1 aromatic rings. The summed E-state index contributed by atoms with van der Waals surface area (Å²) in [7, 11) is 0. The lowest BCUT2D eigenvalue weighted by Crippen LogP contribution is -2.18. The Labute approximate surface area is 69.9 Å². The number of carbonyl (C=O) groups is 1. The van der Waals surface area contributed by atoms with E-state index in [9.17, 15) is 4.79 Å². The largest absolute Gasteiger partial charge is 0.351 e. The fraction of sp³-hybridized carbons (Fsp3) is 0.429. The zero-order valence-electron chi connectivity index (χ0n) is 7.00. The third-order valence-electron chi connectivity index (χ3n) is 1.37. The number of nitrogens with zero attached hydrogens (tertiary/aromatic N) is 1. The van der Waals surface area contributed by atoms with Gasteiger partial charge in [0.1, 0.15) is 0 Å². The molecule has 0 fully saturated rings. The Morgan fingerprint density at radius 3 is 2.83 bits per heavy atom. The zero-order valence-corrected chi connectivity index (χ0v) is 7.00. The Kier molecular flexibility index (Phi) is 2.32. The number of amides is 2. The average Bonchev–Trinajstić information content (AvgIpc) is 2.34. The minimum Gasteiger partial charge on any atom is -0.351 e. The van der Waals surface area contributed by atoms with Crippen LogP contribution in [0.1, 0.15) is 25.5 Å². The van der Waals surface area contributed by atoms with Gasteiger partial charge in [0.25, 0.3) is 0 Å². The van der Waals surface area contributed by atoms with E-state index in [1.165, 1.54) is 0 Å². The number of nitrogens with one attached hydrogen (secondary N) is 1. The summed E-state index contributed by atoms with van der Waals surface area (Å²) in [6, 6.07) is 0.997. The van der Waals surface area contributed by atoms with E-state index in [1.807, 2.05) is 13.8 Å². The molecule has 1 aromatic heterocycles. The second-order valence-electron chi connectivity index (χ2n) is 2.76. The van der Waals surface area contributed by atoms with E-state index in [-0.39, 0.29) is 11.8 Å². The van der Waals surface area contributed by atoms with Crippen molar-refractivity contribution in [3.63, 3.8) is 0 Å². The van der Waals surface area contributed by atoms with Gasteiger partial charge in [0, 0.05) is 6.07 Å². The first-order valence-corrected chi connectivity index (χ1v) is 3.62. The molecule has 0 saturated heterocycles. The summed E-state index contributed by atoms with van der Waals surface area (Å²) in [4.78, 5) is 10.4. The summed E-state index contributed by atoms with van der Waals surface area (Å²) in [5.41, 5.74) is 5.66. The van der Waals surface area contributed by atoms with Gasteiger partial charge in [-0.1, -0.05) is 19.0 Å². The van der Waals surface area contributed by atoms with Crippen LogP contribution in [-0.4, -0.2) is 11.2 Å². The molecule has 0 spiro atoms. The van der Waals surface area contributed by atoms with E-state index in [1.54, 1.807) is 6.07 Å². The molecular formula is C7H11N3O2. The van der Waals surface area contributed by atoms with Crippen molar-refractivity contribution in [1.29, 1.82) is 0 Å².